The molecule has 2 aromatic rings. The normalized spacial score (nSPS) is 11.4. The minimum atomic E-state index is 0.414. The summed E-state index contributed by atoms with van der Waals surface area (Å²) in [6, 6.07) is 7.94. The van der Waals surface area contributed by atoms with Gasteiger partial charge in [0.15, 0.2) is 11.8 Å². The van der Waals surface area contributed by atoms with Crippen LogP contribution in [0.5, 0.6) is 0 Å². The minimum absolute atomic E-state index is 0.414. The van der Waals surface area contributed by atoms with Crippen molar-refractivity contribution in [3.05, 3.63) is 47.8 Å². The molecular formula is C15H20N6. The molecule has 1 heterocycles. The number of rotatable bonds is 5. The standard InChI is InChI=1S/C15H20N6/c1-10(2)8-17-15(16)18-9-12-5-4-6-13(7-12)14-19-11(3)20-21-14/h4-7H,1,8-9H2,2-3H3,(H3,16,17,18)(H,19,20,21). The summed E-state index contributed by atoms with van der Waals surface area (Å²) in [6.45, 7) is 8.75. The first kappa shape index (κ1) is 14.8. The molecule has 0 aliphatic heterocycles. The molecule has 4 N–H and O–H groups in total. The van der Waals surface area contributed by atoms with Gasteiger partial charge in [0, 0.05) is 12.1 Å². The molecule has 0 aliphatic rings. The summed E-state index contributed by atoms with van der Waals surface area (Å²) in [5.41, 5.74) is 8.81. The molecule has 0 unspecified atom stereocenters. The van der Waals surface area contributed by atoms with E-state index in [2.05, 4.69) is 32.1 Å². The molecule has 1 aromatic heterocycles. The van der Waals surface area contributed by atoms with Crippen molar-refractivity contribution >= 4 is 5.96 Å². The molecule has 0 fully saturated rings. The number of benzene rings is 1. The second-order valence-electron chi connectivity index (χ2n) is 4.96. The maximum absolute atomic E-state index is 5.79. The Labute approximate surface area is 124 Å². The maximum Gasteiger partial charge on any atom is 0.189 e. The number of nitrogens with one attached hydrogen (secondary N) is 2. The van der Waals surface area contributed by atoms with Crippen molar-refractivity contribution in [2.24, 2.45) is 10.7 Å². The number of aliphatic imine (C=N–C) groups is 1. The van der Waals surface area contributed by atoms with Crippen LogP contribution in [0.2, 0.25) is 0 Å². The summed E-state index contributed by atoms with van der Waals surface area (Å²) in [6.07, 6.45) is 0. The second kappa shape index (κ2) is 6.69. The molecule has 0 spiro atoms. The maximum atomic E-state index is 5.79. The van der Waals surface area contributed by atoms with Crippen molar-refractivity contribution in [2.45, 2.75) is 20.4 Å². The lowest BCUT2D eigenvalue weighted by Gasteiger charge is -2.05. The second-order valence-corrected chi connectivity index (χ2v) is 4.96. The molecule has 1 aromatic carbocycles. The lowest BCUT2D eigenvalue weighted by Crippen LogP contribution is -2.32. The Morgan fingerprint density at radius 2 is 2.29 bits per heavy atom. The number of hydrogen-bond donors (Lipinski definition) is 3. The van der Waals surface area contributed by atoms with Gasteiger partial charge in [0.1, 0.15) is 5.82 Å². The fraction of sp³-hybridized carbons (Fsp3) is 0.267. The first-order valence-corrected chi connectivity index (χ1v) is 6.71. The highest BCUT2D eigenvalue weighted by Gasteiger charge is 2.04. The van der Waals surface area contributed by atoms with Crippen molar-refractivity contribution in [3.63, 3.8) is 0 Å². The highest BCUT2D eigenvalue weighted by molar-refractivity contribution is 5.78. The van der Waals surface area contributed by atoms with Crippen molar-refractivity contribution in [2.75, 3.05) is 6.54 Å². The molecule has 0 atom stereocenters. The summed E-state index contributed by atoms with van der Waals surface area (Å²) in [4.78, 5) is 8.62. The Morgan fingerprint density at radius 3 is 2.95 bits per heavy atom. The van der Waals surface area contributed by atoms with Crippen molar-refractivity contribution in [3.8, 4) is 11.4 Å². The van der Waals surface area contributed by atoms with E-state index in [9.17, 15) is 0 Å². The van der Waals surface area contributed by atoms with Gasteiger partial charge in [-0.25, -0.2) is 9.98 Å². The van der Waals surface area contributed by atoms with Crippen LogP contribution < -0.4 is 11.1 Å². The van der Waals surface area contributed by atoms with Crippen LogP contribution in [0.4, 0.5) is 0 Å². The van der Waals surface area contributed by atoms with Crippen LogP contribution >= 0.6 is 0 Å². The third-order valence-corrected chi connectivity index (χ3v) is 2.79. The summed E-state index contributed by atoms with van der Waals surface area (Å²) in [5.74, 6) is 1.89. The van der Waals surface area contributed by atoms with Crippen LogP contribution in [0, 0.1) is 6.92 Å². The molecule has 6 heteroatoms. The number of hydrogen-bond acceptors (Lipinski definition) is 3. The van der Waals surface area contributed by atoms with Crippen LogP contribution in [0.3, 0.4) is 0 Å². The van der Waals surface area contributed by atoms with Crippen LogP contribution in [-0.2, 0) is 6.54 Å². The lowest BCUT2D eigenvalue weighted by atomic mass is 10.1. The molecule has 2 rings (SSSR count). The molecule has 0 bridgehead atoms. The summed E-state index contributed by atoms with van der Waals surface area (Å²) < 4.78 is 0. The molecule has 0 aliphatic carbocycles. The van der Waals surface area contributed by atoms with Crippen LogP contribution in [-0.4, -0.2) is 27.7 Å². The first-order valence-electron chi connectivity index (χ1n) is 6.71. The van der Waals surface area contributed by atoms with E-state index in [1.165, 1.54) is 0 Å². The van der Waals surface area contributed by atoms with E-state index < -0.39 is 0 Å². The van der Waals surface area contributed by atoms with Gasteiger partial charge < -0.3 is 11.1 Å². The van der Waals surface area contributed by atoms with Gasteiger partial charge in [0.2, 0.25) is 0 Å². The highest BCUT2D eigenvalue weighted by atomic mass is 15.2. The third-order valence-electron chi connectivity index (χ3n) is 2.79. The quantitative estimate of drug-likeness (QED) is 0.443. The number of nitrogens with two attached hydrogens (primary N) is 1. The molecule has 110 valence electrons. The Kier molecular flexibility index (Phi) is 4.71. The molecule has 0 radical (unpaired) electrons. The van der Waals surface area contributed by atoms with E-state index in [1.54, 1.807) is 0 Å². The molecular weight excluding hydrogens is 264 g/mol. The van der Waals surface area contributed by atoms with E-state index in [1.807, 2.05) is 38.1 Å². The average molecular weight is 284 g/mol. The number of guanidine groups is 1. The zero-order valence-corrected chi connectivity index (χ0v) is 12.3. The molecule has 6 nitrogen and oxygen atoms in total. The van der Waals surface area contributed by atoms with Gasteiger partial charge in [0.05, 0.1) is 6.54 Å². The van der Waals surface area contributed by atoms with Crippen molar-refractivity contribution in [1.82, 2.24) is 20.5 Å². The van der Waals surface area contributed by atoms with Gasteiger partial charge >= 0.3 is 0 Å². The fourth-order valence-electron chi connectivity index (χ4n) is 1.75. The Bertz CT molecular complexity index is 656. The SMILES string of the molecule is C=C(C)CNC(N)=NCc1cccc(-c2n[nH]c(C)n2)c1. The van der Waals surface area contributed by atoms with Gasteiger partial charge in [-0.05, 0) is 25.5 Å². The minimum Gasteiger partial charge on any atom is -0.370 e. The third kappa shape index (κ3) is 4.45. The van der Waals surface area contributed by atoms with Gasteiger partial charge in [-0.1, -0.05) is 30.4 Å². The van der Waals surface area contributed by atoms with Crippen LogP contribution in [0.1, 0.15) is 18.3 Å². The van der Waals surface area contributed by atoms with E-state index in [-0.39, 0.29) is 0 Å². The topological polar surface area (TPSA) is 92.0 Å². The molecule has 0 amide bonds. The van der Waals surface area contributed by atoms with E-state index in [0.717, 1.165) is 22.5 Å². The van der Waals surface area contributed by atoms with E-state index in [0.29, 0.717) is 24.9 Å². The lowest BCUT2D eigenvalue weighted by molar-refractivity contribution is 0.940. The zero-order valence-electron chi connectivity index (χ0n) is 12.3. The van der Waals surface area contributed by atoms with Gasteiger partial charge in [-0.3, -0.25) is 5.10 Å². The van der Waals surface area contributed by atoms with Crippen molar-refractivity contribution in [1.29, 1.82) is 0 Å². The first-order chi connectivity index (χ1) is 10.0. The van der Waals surface area contributed by atoms with E-state index in [4.69, 9.17) is 5.73 Å². The smallest absolute Gasteiger partial charge is 0.189 e. The zero-order chi connectivity index (χ0) is 15.2. The van der Waals surface area contributed by atoms with E-state index >= 15 is 0 Å². The Morgan fingerprint density at radius 1 is 1.48 bits per heavy atom. The number of nitrogens with zero attached hydrogens (tertiary/aromatic N) is 3. The average Bonchev–Trinajstić information content (AvgIpc) is 2.90. The number of H-pyrrole nitrogens is 1. The van der Waals surface area contributed by atoms with Gasteiger partial charge in [-0.2, -0.15) is 5.10 Å². The summed E-state index contributed by atoms with van der Waals surface area (Å²) in [5, 5.41) is 9.99. The largest absolute Gasteiger partial charge is 0.370 e. The molecule has 0 saturated heterocycles. The van der Waals surface area contributed by atoms with Gasteiger partial charge in [-0.15, -0.1) is 0 Å². The highest BCUT2D eigenvalue weighted by Crippen LogP contribution is 2.16. The van der Waals surface area contributed by atoms with Gasteiger partial charge in [0.25, 0.3) is 0 Å². The predicted molar refractivity (Wildman–Crippen MR) is 84.7 cm³/mol. The molecule has 0 saturated carbocycles. The fourth-order valence-corrected chi connectivity index (χ4v) is 1.75. The van der Waals surface area contributed by atoms with Crippen LogP contribution in [0.15, 0.2) is 41.4 Å². The monoisotopic (exact) mass is 284 g/mol. The number of aryl methyl sites for hydroxylation is 1. The number of aromatic nitrogens is 3. The van der Waals surface area contributed by atoms with Crippen LogP contribution in [0.25, 0.3) is 11.4 Å². The Balaban J connectivity index is 2.04. The summed E-state index contributed by atoms with van der Waals surface area (Å²) in [7, 11) is 0. The van der Waals surface area contributed by atoms with Crippen molar-refractivity contribution < 1.29 is 0 Å². The summed E-state index contributed by atoms with van der Waals surface area (Å²) >= 11 is 0. The number of aromatic amines is 1. The predicted octanol–water partition coefficient (Wildman–Crippen LogP) is 1.76. The molecule has 21 heavy (non-hydrogen) atoms. The Hall–Kier alpha value is -2.63.